The number of Topliss-reactive ketones (excluding diaryl/α,β-unsaturated/α-hetero) is 1. The Morgan fingerprint density at radius 2 is 1.81 bits per heavy atom. The Bertz CT molecular complexity index is 519. The highest BCUT2D eigenvalue weighted by Gasteiger charge is 2.44. The number of halogens is 1. The number of hydrogen-bond acceptors (Lipinski definition) is 2. The number of aryl methyl sites for hydroxylation is 2. The van der Waals surface area contributed by atoms with Crippen molar-refractivity contribution >= 4 is 5.78 Å². The van der Waals surface area contributed by atoms with Gasteiger partial charge in [0.05, 0.1) is 11.1 Å². The Hall–Kier alpha value is -1.22. The molecule has 0 atom stereocenters. The maximum Gasteiger partial charge on any atom is 0.186 e. The molecule has 2 nitrogen and oxygen atoms in total. The third-order valence-corrected chi connectivity index (χ3v) is 5.04. The zero-order valence-corrected chi connectivity index (χ0v) is 13.8. The van der Waals surface area contributed by atoms with Crippen LogP contribution in [0.5, 0.6) is 0 Å². The Labute approximate surface area is 127 Å². The molecule has 0 aliphatic heterocycles. The van der Waals surface area contributed by atoms with E-state index in [0.29, 0.717) is 5.92 Å². The van der Waals surface area contributed by atoms with Crippen molar-refractivity contribution < 1.29 is 9.18 Å². The molecule has 3 heteroatoms. The number of carbonyl (C=O) groups is 1. The van der Waals surface area contributed by atoms with Crippen molar-refractivity contribution in [1.82, 2.24) is 4.90 Å². The first-order valence-electron chi connectivity index (χ1n) is 7.77. The Morgan fingerprint density at radius 3 is 2.29 bits per heavy atom. The molecular weight excluding hydrogens is 265 g/mol. The molecule has 1 aliphatic carbocycles. The second kappa shape index (κ2) is 5.88. The third-order valence-electron chi connectivity index (χ3n) is 5.04. The molecule has 0 saturated heterocycles. The van der Waals surface area contributed by atoms with Crippen LogP contribution in [0.15, 0.2) is 12.1 Å². The van der Waals surface area contributed by atoms with Gasteiger partial charge in [-0.2, -0.15) is 0 Å². The summed E-state index contributed by atoms with van der Waals surface area (Å²) in [5.74, 6) is 0.224. The van der Waals surface area contributed by atoms with Crippen molar-refractivity contribution in [2.45, 2.75) is 52.0 Å². The molecule has 0 radical (unpaired) electrons. The minimum Gasteiger partial charge on any atom is -0.297 e. The van der Waals surface area contributed by atoms with Crippen molar-refractivity contribution in [2.24, 2.45) is 5.92 Å². The molecule has 0 heterocycles. The average Bonchev–Trinajstić information content (AvgIpc) is 2.38. The molecule has 1 aromatic carbocycles. The number of rotatable bonds is 3. The lowest BCUT2D eigenvalue weighted by Gasteiger charge is -2.43. The largest absolute Gasteiger partial charge is 0.297 e. The summed E-state index contributed by atoms with van der Waals surface area (Å²) in [5.41, 5.74) is 1.34. The lowest BCUT2D eigenvalue weighted by molar-refractivity contribution is 0.0508. The van der Waals surface area contributed by atoms with Crippen molar-refractivity contribution in [2.75, 3.05) is 14.1 Å². The van der Waals surface area contributed by atoms with Gasteiger partial charge < -0.3 is 0 Å². The van der Waals surface area contributed by atoms with E-state index in [2.05, 4.69) is 6.92 Å². The van der Waals surface area contributed by atoms with E-state index >= 15 is 0 Å². The van der Waals surface area contributed by atoms with E-state index < -0.39 is 5.54 Å². The van der Waals surface area contributed by atoms with Crippen LogP contribution in [-0.4, -0.2) is 30.3 Å². The first-order chi connectivity index (χ1) is 9.78. The fourth-order valence-corrected chi connectivity index (χ4v) is 3.55. The van der Waals surface area contributed by atoms with E-state index in [1.165, 1.54) is 6.07 Å². The smallest absolute Gasteiger partial charge is 0.186 e. The highest BCUT2D eigenvalue weighted by Crippen LogP contribution is 2.38. The Balaban J connectivity index is 2.45. The SMILES string of the molecule is Cc1cc(C)c(C(=O)C2(N(C)C)CCC(C)CC2)c(F)c1. The molecule has 0 spiro atoms. The van der Waals surface area contributed by atoms with Crippen LogP contribution in [0.1, 0.15) is 54.1 Å². The van der Waals surface area contributed by atoms with Crippen molar-refractivity contribution in [3.05, 3.63) is 34.6 Å². The van der Waals surface area contributed by atoms with Crippen molar-refractivity contribution in [3.8, 4) is 0 Å². The minimum absolute atomic E-state index is 0.0469. The van der Waals surface area contributed by atoms with Gasteiger partial charge in [0, 0.05) is 0 Å². The highest BCUT2D eigenvalue weighted by molar-refractivity contribution is 6.04. The molecule has 116 valence electrons. The topological polar surface area (TPSA) is 20.3 Å². The first-order valence-corrected chi connectivity index (χ1v) is 7.77. The fraction of sp³-hybridized carbons (Fsp3) is 0.611. The molecular formula is C18H26FNO. The molecule has 0 unspecified atom stereocenters. The first kappa shape index (κ1) is 16.2. The minimum atomic E-state index is -0.548. The summed E-state index contributed by atoms with van der Waals surface area (Å²) >= 11 is 0. The predicted molar refractivity (Wildman–Crippen MR) is 84.3 cm³/mol. The standard InChI is InChI=1S/C18H26FNO/c1-12-6-8-18(9-7-12,20(4)5)17(21)16-14(3)10-13(2)11-15(16)19/h10-12H,6-9H2,1-5H3. The predicted octanol–water partition coefficient (Wildman–Crippen LogP) is 4.14. The van der Waals surface area contributed by atoms with Crippen LogP contribution in [0.2, 0.25) is 0 Å². The molecule has 0 aromatic heterocycles. The molecule has 2 rings (SSSR count). The van der Waals surface area contributed by atoms with E-state index in [4.69, 9.17) is 0 Å². The second-order valence-electron chi connectivity index (χ2n) is 6.88. The summed E-state index contributed by atoms with van der Waals surface area (Å²) in [6.45, 7) is 5.91. The maximum absolute atomic E-state index is 14.4. The van der Waals surface area contributed by atoms with Gasteiger partial charge in [-0.15, -0.1) is 0 Å². The Morgan fingerprint density at radius 1 is 1.24 bits per heavy atom. The van der Waals surface area contributed by atoms with Gasteiger partial charge in [-0.05, 0) is 76.7 Å². The molecule has 1 saturated carbocycles. The van der Waals surface area contributed by atoms with Crippen LogP contribution < -0.4 is 0 Å². The Kier molecular flexibility index (Phi) is 4.52. The van der Waals surface area contributed by atoms with Gasteiger partial charge in [0.25, 0.3) is 0 Å². The molecule has 1 aromatic rings. The summed E-state index contributed by atoms with van der Waals surface area (Å²) in [6, 6.07) is 3.36. The number of carbonyl (C=O) groups excluding carboxylic acids is 1. The highest BCUT2D eigenvalue weighted by atomic mass is 19.1. The van der Waals surface area contributed by atoms with Gasteiger partial charge in [-0.25, -0.2) is 4.39 Å². The van der Waals surface area contributed by atoms with Crippen LogP contribution in [0, 0.1) is 25.6 Å². The van der Waals surface area contributed by atoms with Gasteiger partial charge in [0.1, 0.15) is 5.82 Å². The summed E-state index contributed by atoms with van der Waals surface area (Å²) in [5, 5.41) is 0. The average molecular weight is 291 g/mol. The van der Waals surface area contributed by atoms with E-state index in [1.807, 2.05) is 38.9 Å². The summed E-state index contributed by atoms with van der Waals surface area (Å²) in [7, 11) is 3.88. The lowest BCUT2D eigenvalue weighted by Crippen LogP contribution is -2.53. The monoisotopic (exact) mass is 291 g/mol. The quantitative estimate of drug-likeness (QED) is 0.780. The summed E-state index contributed by atoms with van der Waals surface area (Å²) < 4.78 is 14.4. The van der Waals surface area contributed by atoms with Gasteiger partial charge in [0.15, 0.2) is 5.78 Å². The van der Waals surface area contributed by atoms with E-state index in [-0.39, 0.29) is 17.2 Å². The summed E-state index contributed by atoms with van der Waals surface area (Å²) in [6.07, 6.45) is 3.67. The number of likely N-dealkylation sites (N-methyl/N-ethyl adjacent to an activating group) is 1. The van der Waals surface area contributed by atoms with Gasteiger partial charge in [-0.1, -0.05) is 13.0 Å². The lowest BCUT2D eigenvalue weighted by atomic mass is 9.72. The molecule has 0 N–H and O–H groups in total. The fourth-order valence-electron chi connectivity index (χ4n) is 3.55. The zero-order chi connectivity index (χ0) is 15.8. The van der Waals surface area contributed by atoms with E-state index in [0.717, 1.165) is 36.8 Å². The van der Waals surface area contributed by atoms with Crippen LogP contribution >= 0.6 is 0 Å². The third kappa shape index (κ3) is 2.89. The number of ketones is 1. The number of hydrogen-bond donors (Lipinski definition) is 0. The van der Waals surface area contributed by atoms with Crippen molar-refractivity contribution in [3.63, 3.8) is 0 Å². The molecule has 21 heavy (non-hydrogen) atoms. The maximum atomic E-state index is 14.4. The van der Waals surface area contributed by atoms with Gasteiger partial charge in [0.2, 0.25) is 0 Å². The van der Waals surface area contributed by atoms with Crippen LogP contribution in [0.4, 0.5) is 4.39 Å². The van der Waals surface area contributed by atoms with Crippen LogP contribution in [0.3, 0.4) is 0 Å². The van der Waals surface area contributed by atoms with E-state index in [9.17, 15) is 9.18 Å². The zero-order valence-electron chi connectivity index (χ0n) is 13.8. The molecule has 1 aliphatic rings. The number of benzene rings is 1. The molecule has 0 amide bonds. The normalized spacial score (nSPS) is 26.1. The molecule has 0 bridgehead atoms. The van der Waals surface area contributed by atoms with Gasteiger partial charge >= 0.3 is 0 Å². The van der Waals surface area contributed by atoms with Gasteiger partial charge in [-0.3, -0.25) is 9.69 Å². The van der Waals surface area contributed by atoms with Crippen LogP contribution in [-0.2, 0) is 0 Å². The molecule has 1 fully saturated rings. The van der Waals surface area contributed by atoms with Crippen LogP contribution in [0.25, 0.3) is 0 Å². The van der Waals surface area contributed by atoms with Crippen molar-refractivity contribution in [1.29, 1.82) is 0 Å². The summed E-state index contributed by atoms with van der Waals surface area (Å²) in [4.78, 5) is 15.1. The number of nitrogens with zero attached hydrogens (tertiary/aromatic N) is 1. The van der Waals surface area contributed by atoms with E-state index in [1.54, 1.807) is 0 Å². The second-order valence-corrected chi connectivity index (χ2v) is 6.88.